The second-order valence-electron chi connectivity index (χ2n) is 4.83. The Morgan fingerprint density at radius 3 is 2.77 bits per heavy atom. The van der Waals surface area contributed by atoms with E-state index in [1.165, 1.54) is 19.1 Å². The van der Waals surface area contributed by atoms with Crippen LogP contribution in [0, 0.1) is 11.7 Å². The summed E-state index contributed by atoms with van der Waals surface area (Å²) in [6.07, 6.45) is 0. The van der Waals surface area contributed by atoms with Gasteiger partial charge in [-0.25, -0.2) is 4.39 Å². The third-order valence-corrected chi connectivity index (χ3v) is 3.21. The molecule has 1 aliphatic heterocycles. The number of hydrogen-bond donors (Lipinski definition) is 2. The first-order valence-corrected chi connectivity index (χ1v) is 7.35. The monoisotopic (exact) mass is 330 g/mol. The summed E-state index contributed by atoms with van der Waals surface area (Å²) in [5.74, 6) is -1.09. The van der Waals surface area contributed by atoms with E-state index < -0.39 is 11.7 Å². The number of nitrogens with one attached hydrogen (secondary N) is 2. The zero-order chi connectivity index (χ0) is 16.4. The van der Waals surface area contributed by atoms with Crippen molar-refractivity contribution in [2.75, 3.05) is 32.8 Å². The summed E-state index contributed by atoms with van der Waals surface area (Å²) >= 11 is 5.33. The minimum atomic E-state index is -0.519. The zero-order valence-electron chi connectivity index (χ0n) is 12.4. The highest BCUT2D eigenvalue weighted by atomic mass is 35.5. The molecule has 1 aliphatic rings. The van der Waals surface area contributed by atoms with Crippen molar-refractivity contribution in [1.82, 2.24) is 10.6 Å². The predicted molar refractivity (Wildman–Crippen MR) is 82.3 cm³/mol. The summed E-state index contributed by atoms with van der Waals surface area (Å²) in [4.78, 5) is 21.6. The van der Waals surface area contributed by atoms with Crippen molar-refractivity contribution in [2.24, 2.45) is 5.92 Å². The Labute approximate surface area is 134 Å². The molecular formula is C15H20ClFN2O3. The van der Waals surface area contributed by atoms with Crippen LogP contribution < -0.4 is 10.6 Å². The molecule has 1 aromatic carbocycles. The highest BCUT2D eigenvalue weighted by molar-refractivity contribution is 6.35. The Balaban J connectivity index is 0.000000255. The van der Waals surface area contributed by atoms with Crippen LogP contribution in [0.1, 0.15) is 6.92 Å². The fourth-order valence-electron chi connectivity index (χ4n) is 1.69. The van der Waals surface area contributed by atoms with E-state index in [9.17, 15) is 14.0 Å². The van der Waals surface area contributed by atoms with Gasteiger partial charge in [-0.3, -0.25) is 9.59 Å². The molecule has 7 heteroatoms. The van der Waals surface area contributed by atoms with E-state index in [1.54, 1.807) is 12.1 Å². The fourth-order valence-corrected chi connectivity index (χ4v) is 1.83. The number of Topliss-reactive ketones (excluding diaryl/α,β-unsaturated/α-hetero) is 1. The number of ketones is 1. The molecule has 0 radical (unpaired) electrons. The maximum Gasteiger partial charge on any atom is 0.287 e. The van der Waals surface area contributed by atoms with E-state index in [0.29, 0.717) is 19.8 Å². The first kappa shape index (κ1) is 18.5. The SMILES string of the molecule is CC(=O)C(=O)NCC1CNCCOC1.Fc1ccccc1Cl. The van der Waals surface area contributed by atoms with E-state index in [2.05, 4.69) is 10.6 Å². The molecule has 2 rings (SSSR count). The number of ether oxygens (including phenoxy) is 1. The molecule has 2 N–H and O–H groups in total. The molecule has 1 fully saturated rings. The van der Waals surface area contributed by atoms with Gasteiger partial charge in [0.2, 0.25) is 5.78 Å². The van der Waals surface area contributed by atoms with Gasteiger partial charge in [0.05, 0.1) is 18.2 Å². The molecule has 0 aliphatic carbocycles. The average Bonchev–Trinajstić information content (AvgIpc) is 2.77. The van der Waals surface area contributed by atoms with Gasteiger partial charge in [0.1, 0.15) is 5.82 Å². The lowest BCUT2D eigenvalue weighted by atomic mass is 10.1. The van der Waals surface area contributed by atoms with Crippen molar-refractivity contribution in [3.63, 3.8) is 0 Å². The fraction of sp³-hybridized carbons (Fsp3) is 0.467. The number of amides is 1. The molecule has 0 aromatic heterocycles. The van der Waals surface area contributed by atoms with Gasteiger partial charge in [-0.1, -0.05) is 23.7 Å². The Hall–Kier alpha value is -1.50. The lowest BCUT2D eigenvalue weighted by Gasteiger charge is -2.13. The molecule has 0 spiro atoms. The minimum Gasteiger partial charge on any atom is -0.380 e. The van der Waals surface area contributed by atoms with E-state index >= 15 is 0 Å². The number of halogens is 2. The summed E-state index contributed by atoms with van der Waals surface area (Å²) < 4.78 is 17.5. The van der Waals surface area contributed by atoms with E-state index in [4.69, 9.17) is 16.3 Å². The van der Waals surface area contributed by atoms with E-state index in [-0.39, 0.29) is 16.8 Å². The van der Waals surface area contributed by atoms with Crippen LogP contribution >= 0.6 is 11.6 Å². The van der Waals surface area contributed by atoms with E-state index in [1.807, 2.05) is 0 Å². The number of carbonyl (C=O) groups is 2. The second-order valence-corrected chi connectivity index (χ2v) is 5.23. The normalized spacial score (nSPS) is 17.7. The molecule has 1 heterocycles. The molecule has 0 bridgehead atoms. The van der Waals surface area contributed by atoms with Gasteiger partial charge in [-0.2, -0.15) is 0 Å². The molecule has 1 aromatic rings. The molecular weight excluding hydrogens is 311 g/mol. The number of benzene rings is 1. The standard InChI is InChI=1S/C9H16N2O3.C6H4ClF/c1-7(12)9(13)11-5-8-4-10-2-3-14-6-8;7-5-3-1-2-4-6(5)8/h8,10H,2-6H2,1H3,(H,11,13);1-4H. The number of rotatable bonds is 3. The van der Waals surface area contributed by atoms with Gasteiger partial charge >= 0.3 is 0 Å². The second kappa shape index (κ2) is 10.3. The van der Waals surface area contributed by atoms with Gasteiger partial charge in [-0.15, -0.1) is 0 Å². The molecule has 122 valence electrons. The van der Waals surface area contributed by atoms with Crippen LogP contribution in [0.25, 0.3) is 0 Å². The molecule has 1 saturated heterocycles. The summed E-state index contributed by atoms with van der Waals surface area (Å²) in [5.41, 5.74) is 0. The molecule has 1 amide bonds. The number of hydrogen-bond acceptors (Lipinski definition) is 4. The summed E-state index contributed by atoms with van der Waals surface area (Å²) in [6.45, 7) is 4.75. The molecule has 5 nitrogen and oxygen atoms in total. The van der Waals surface area contributed by atoms with Crippen molar-refractivity contribution in [3.05, 3.63) is 35.1 Å². The first-order valence-electron chi connectivity index (χ1n) is 6.98. The van der Waals surface area contributed by atoms with Crippen molar-refractivity contribution in [1.29, 1.82) is 0 Å². The molecule has 0 saturated carbocycles. The zero-order valence-corrected chi connectivity index (χ0v) is 13.2. The lowest BCUT2D eigenvalue weighted by Crippen LogP contribution is -2.37. The Bertz CT molecular complexity index is 470. The van der Waals surface area contributed by atoms with Crippen molar-refractivity contribution < 1.29 is 18.7 Å². The van der Waals surface area contributed by atoms with Gasteiger partial charge in [0.15, 0.2) is 0 Å². The molecule has 1 atom stereocenters. The van der Waals surface area contributed by atoms with Crippen LogP contribution in [0.3, 0.4) is 0 Å². The Morgan fingerprint density at radius 2 is 2.18 bits per heavy atom. The largest absolute Gasteiger partial charge is 0.380 e. The van der Waals surface area contributed by atoms with Crippen molar-refractivity contribution >= 4 is 23.3 Å². The highest BCUT2D eigenvalue weighted by Gasteiger charge is 2.14. The van der Waals surface area contributed by atoms with Crippen molar-refractivity contribution in [2.45, 2.75) is 6.92 Å². The minimum absolute atomic E-state index is 0.174. The van der Waals surface area contributed by atoms with Gasteiger partial charge < -0.3 is 15.4 Å². The van der Waals surface area contributed by atoms with Crippen LogP contribution in [-0.4, -0.2) is 44.5 Å². The maximum absolute atomic E-state index is 12.2. The Morgan fingerprint density at radius 1 is 1.45 bits per heavy atom. The molecule has 1 unspecified atom stereocenters. The summed E-state index contributed by atoms with van der Waals surface area (Å²) in [6, 6.07) is 6.12. The van der Waals surface area contributed by atoms with Crippen molar-refractivity contribution in [3.8, 4) is 0 Å². The summed E-state index contributed by atoms with van der Waals surface area (Å²) in [5, 5.41) is 5.93. The quantitative estimate of drug-likeness (QED) is 0.822. The Kier molecular flexibility index (Phi) is 8.65. The van der Waals surface area contributed by atoms with Gasteiger partial charge in [0, 0.05) is 32.5 Å². The smallest absolute Gasteiger partial charge is 0.287 e. The summed E-state index contributed by atoms with van der Waals surface area (Å²) in [7, 11) is 0. The van der Waals surface area contributed by atoms with Crippen LogP contribution in [-0.2, 0) is 14.3 Å². The third kappa shape index (κ3) is 7.49. The lowest BCUT2D eigenvalue weighted by molar-refractivity contribution is -0.136. The topological polar surface area (TPSA) is 67.4 Å². The third-order valence-electron chi connectivity index (χ3n) is 2.91. The van der Waals surface area contributed by atoms with E-state index in [0.717, 1.165) is 13.1 Å². The average molecular weight is 331 g/mol. The van der Waals surface area contributed by atoms with Crippen LogP contribution in [0.5, 0.6) is 0 Å². The van der Waals surface area contributed by atoms with Crippen LogP contribution in [0.15, 0.2) is 24.3 Å². The highest BCUT2D eigenvalue weighted by Crippen LogP contribution is 2.11. The predicted octanol–water partition coefficient (Wildman–Crippen LogP) is 1.41. The molecule has 22 heavy (non-hydrogen) atoms. The van der Waals surface area contributed by atoms with Crippen LogP contribution in [0.4, 0.5) is 4.39 Å². The maximum atomic E-state index is 12.2. The van der Waals surface area contributed by atoms with Gasteiger partial charge in [-0.05, 0) is 12.1 Å². The first-order chi connectivity index (χ1) is 10.5. The van der Waals surface area contributed by atoms with Crippen LogP contribution in [0.2, 0.25) is 5.02 Å². The number of carbonyl (C=O) groups excluding carboxylic acids is 2. The van der Waals surface area contributed by atoms with Gasteiger partial charge in [0.25, 0.3) is 5.91 Å².